The number of pyridine rings is 2. The predicted molar refractivity (Wildman–Crippen MR) is 83.9 cm³/mol. The maximum Gasteiger partial charge on any atom is 0.356 e. The van der Waals surface area contributed by atoms with Crippen LogP contribution in [0.25, 0.3) is 11.3 Å². The van der Waals surface area contributed by atoms with Crippen molar-refractivity contribution in [2.75, 3.05) is 6.61 Å². The van der Waals surface area contributed by atoms with Crippen LogP contribution in [-0.2, 0) is 15.9 Å². The van der Waals surface area contributed by atoms with Gasteiger partial charge in [0.1, 0.15) is 23.3 Å². The van der Waals surface area contributed by atoms with E-state index < -0.39 is 17.6 Å². The molecule has 0 spiro atoms. The van der Waals surface area contributed by atoms with Gasteiger partial charge in [-0.15, -0.1) is 0 Å². The molecule has 4 rings (SSSR count). The quantitative estimate of drug-likeness (QED) is 0.798. The molecule has 1 fully saturated rings. The molecule has 0 aromatic carbocycles. The van der Waals surface area contributed by atoms with E-state index in [4.69, 9.17) is 9.47 Å². The molecule has 2 unspecified atom stereocenters. The first-order valence-corrected chi connectivity index (χ1v) is 8.24. The molecule has 4 heterocycles. The smallest absolute Gasteiger partial charge is 0.356 e. The maximum absolute atomic E-state index is 14.3. The third kappa shape index (κ3) is 2.78. The Morgan fingerprint density at radius 1 is 1.36 bits per heavy atom. The monoisotopic (exact) mass is 346 g/mol. The van der Waals surface area contributed by atoms with Crippen LogP contribution in [0.1, 0.15) is 47.6 Å². The second-order valence-electron chi connectivity index (χ2n) is 6.15. The van der Waals surface area contributed by atoms with Crippen molar-refractivity contribution in [2.45, 2.75) is 38.4 Å². The summed E-state index contributed by atoms with van der Waals surface area (Å²) in [6.45, 7) is 1.90. The van der Waals surface area contributed by atoms with Gasteiger partial charge in [-0.1, -0.05) is 0 Å². The lowest BCUT2D eigenvalue weighted by molar-refractivity contribution is 0.0291. The molecule has 0 aliphatic carbocycles. The van der Waals surface area contributed by atoms with Gasteiger partial charge in [-0.2, -0.15) is 0 Å². The Morgan fingerprint density at radius 2 is 2.20 bits per heavy atom. The first-order valence-electron chi connectivity index (χ1n) is 8.24. The van der Waals surface area contributed by atoms with E-state index in [-0.39, 0.29) is 30.2 Å². The summed E-state index contributed by atoms with van der Waals surface area (Å²) in [4.78, 5) is 20.5. The average molecular weight is 346 g/mol. The number of hydrogen-bond acceptors (Lipinski definition) is 5. The topological polar surface area (TPSA) is 61.3 Å². The van der Waals surface area contributed by atoms with Crippen molar-refractivity contribution >= 4 is 5.97 Å². The van der Waals surface area contributed by atoms with Crippen LogP contribution in [0.4, 0.5) is 8.78 Å². The Hall–Kier alpha value is -2.41. The number of esters is 1. The second-order valence-corrected chi connectivity index (χ2v) is 6.15. The van der Waals surface area contributed by atoms with Crippen LogP contribution in [0.3, 0.4) is 0 Å². The van der Waals surface area contributed by atoms with E-state index in [0.29, 0.717) is 17.7 Å². The van der Waals surface area contributed by atoms with E-state index >= 15 is 0 Å². The lowest BCUT2D eigenvalue weighted by atomic mass is 9.94. The van der Waals surface area contributed by atoms with E-state index in [2.05, 4.69) is 9.97 Å². The summed E-state index contributed by atoms with van der Waals surface area (Å²) in [5.74, 6) is -2.12. The highest BCUT2D eigenvalue weighted by Gasteiger charge is 2.37. The molecule has 0 N–H and O–H groups in total. The summed E-state index contributed by atoms with van der Waals surface area (Å²) < 4.78 is 38.5. The summed E-state index contributed by atoms with van der Waals surface area (Å²) in [6, 6.07) is 2.26. The number of halogens is 2. The highest BCUT2D eigenvalue weighted by molar-refractivity contribution is 5.89. The molecule has 2 aromatic rings. The Bertz CT molecular complexity index is 856. The molecule has 2 aliphatic heterocycles. The van der Waals surface area contributed by atoms with E-state index in [1.54, 1.807) is 6.92 Å². The van der Waals surface area contributed by atoms with Crippen molar-refractivity contribution in [2.24, 2.45) is 0 Å². The Morgan fingerprint density at radius 3 is 2.96 bits per heavy atom. The van der Waals surface area contributed by atoms with Crippen molar-refractivity contribution in [1.82, 2.24) is 9.97 Å². The summed E-state index contributed by atoms with van der Waals surface area (Å²) in [5, 5.41) is 0. The molecule has 5 nitrogen and oxygen atoms in total. The van der Waals surface area contributed by atoms with Crippen molar-refractivity contribution in [3.63, 3.8) is 0 Å². The first-order chi connectivity index (χ1) is 12.1. The molecular weight excluding hydrogens is 330 g/mol. The zero-order chi connectivity index (χ0) is 17.6. The zero-order valence-corrected chi connectivity index (χ0v) is 13.6. The fourth-order valence-electron chi connectivity index (χ4n) is 3.49. The number of nitrogens with zero attached hydrogens (tertiary/aromatic N) is 2. The molecule has 25 heavy (non-hydrogen) atoms. The number of hydrogen-bond donors (Lipinski definition) is 0. The maximum atomic E-state index is 14.3. The van der Waals surface area contributed by atoms with Gasteiger partial charge in [0.05, 0.1) is 24.6 Å². The summed E-state index contributed by atoms with van der Waals surface area (Å²) in [6.07, 6.45) is 3.05. The van der Waals surface area contributed by atoms with E-state index in [1.165, 1.54) is 6.07 Å². The highest BCUT2D eigenvalue weighted by Crippen LogP contribution is 2.43. The fourth-order valence-corrected chi connectivity index (χ4v) is 3.49. The SMILES string of the molecule is CCOC(=O)c1cc(-c2ncc(F)cc2F)c2c(n1)C1CCC(C2)O1. The number of fused-ring (bicyclic) bond motifs is 4. The number of carbonyl (C=O) groups excluding carboxylic acids is 1. The van der Waals surface area contributed by atoms with Crippen molar-refractivity contribution < 1.29 is 23.0 Å². The lowest BCUT2D eigenvalue weighted by Gasteiger charge is -2.25. The molecule has 2 aliphatic rings. The van der Waals surface area contributed by atoms with Crippen LogP contribution in [0, 0.1) is 11.6 Å². The minimum Gasteiger partial charge on any atom is -0.461 e. The highest BCUT2D eigenvalue weighted by atomic mass is 19.1. The van der Waals surface area contributed by atoms with Gasteiger partial charge in [-0.3, -0.25) is 4.98 Å². The third-order valence-electron chi connectivity index (χ3n) is 4.55. The average Bonchev–Trinajstić information content (AvgIpc) is 2.97. The molecule has 0 radical (unpaired) electrons. The number of rotatable bonds is 3. The molecule has 2 aromatic heterocycles. The molecule has 130 valence electrons. The van der Waals surface area contributed by atoms with Crippen molar-refractivity contribution in [3.8, 4) is 11.3 Å². The first kappa shape index (κ1) is 16.1. The van der Waals surface area contributed by atoms with Gasteiger partial charge < -0.3 is 9.47 Å². The van der Waals surface area contributed by atoms with Gasteiger partial charge in [-0.25, -0.2) is 18.6 Å². The van der Waals surface area contributed by atoms with Crippen LogP contribution in [0.2, 0.25) is 0 Å². The second kappa shape index (κ2) is 6.15. The van der Waals surface area contributed by atoms with E-state index in [1.807, 2.05) is 0 Å². The molecule has 7 heteroatoms. The van der Waals surface area contributed by atoms with Crippen LogP contribution in [0.15, 0.2) is 18.3 Å². The normalized spacial score (nSPS) is 21.1. The Kier molecular flexibility index (Phi) is 3.95. The van der Waals surface area contributed by atoms with E-state index in [0.717, 1.165) is 30.7 Å². The van der Waals surface area contributed by atoms with Gasteiger partial charge in [-0.05, 0) is 31.4 Å². The Balaban J connectivity index is 1.91. The van der Waals surface area contributed by atoms with Gasteiger partial charge in [0.2, 0.25) is 0 Å². The predicted octanol–water partition coefficient (Wildman–Crippen LogP) is 3.37. The van der Waals surface area contributed by atoms with Gasteiger partial charge in [0.25, 0.3) is 0 Å². The van der Waals surface area contributed by atoms with Crippen LogP contribution >= 0.6 is 0 Å². The number of aromatic nitrogens is 2. The molecule has 1 saturated heterocycles. The molecule has 0 saturated carbocycles. The summed E-state index contributed by atoms with van der Waals surface area (Å²) >= 11 is 0. The molecule has 2 atom stereocenters. The van der Waals surface area contributed by atoms with Gasteiger partial charge in [0.15, 0.2) is 5.82 Å². The Labute approximate surface area is 143 Å². The number of carbonyl (C=O) groups is 1. The number of ether oxygens (including phenoxy) is 2. The van der Waals surface area contributed by atoms with E-state index in [9.17, 15) is 13.6 Å². The summed E-state index contributed by atoms with van der Waals surface area (Å²) in [7, 11) is 0. The largest absolute Gasteiger partial charge is 0.461 e. The zero-order valence-electron chi connectivity index (χ0n) is 13.6. The fraction of sp³-hybridized carbons (Fsp3) is 0.389. The molecule has 0 amide bonds. The van der Waals surface area contributed by atoms with Crippen LogP contribution in [0.5, 0.6) is 0 Å². The lowest BCUT2D eigenvalue weighted by Crippen LogP contribution is -2.22. The van der Waals surface area contributed by atoms with Gasteiger partial charge in [0, 0.05) is 18.1 Å². The minimum atomic E-state index is -0.776. The van der Waals surface area contributed by atoms with Crippen molar-refractivity contribution in [3.05, 3.63) is 46.9 Å². The van der Waals surface area contributed by atoms with Crippen molar-refractivity contribution in [1.29, 1.82) is 0 Å². The third-order valence-corrected chi connectivity index (χ3v) is 4.55. The van der Waals surface area contributed by atoms with Gasteiger partial charge >= 0.3 is 5.97 Å². The molecular formula is C18H16F2N2O3. The molecule has 2 bridgehead atoms. The standard InChI is InChI=1S/C18H16F2N2O3/c1-2-24-18(23)14-7-12(16-13(20)5-9(19)8-21-16)11-6-10-3-4-15(25-10)17(11)22-14/h5,7-8,10,15H,2-4,6H2,1H3. The van der Waals surface area contributed by atoms with Crippen LogP contribution in [-0.4, -0.2) is 28.6 Å². The summed E-state index contributed by atoms with van der Waals surface area (Å²) in [5.41, 5.74) is 1.97. The minimum absolute atomic E-state index is 0.00639. The van der Waals surface area contributed by atoms with Crippen LogP contribution < -0.4 is 0 Å².